The van der Waals surface area contributed by atoms with Crippen LogP contribution in [0.4, 0.5) is 0 Å². The van der Waals surface area contributed by atoms with Crippen LogP contribution in [-0.2, 0) is 9.53 Å². The predicted molar refractivity (Wildman–Crippen MR) is 79.5 cm³/mol. The Kier molecular flexibility index (Phi) is 4.82. The highest BCUT2D eigenvalue weighted by Crippen LogP contribution is 2.22. The summed E-state index contributed by atoms with van der Waals surface area (Å²) >= 11 is 0. The van der Waals surface area contributed by atoms with E-state index >= 15 is 0 Å². The molecular weight excluding hydrogens is 268 g/mol. The predicted octanol–water partition coefficient (Wildman–Crippen LogP) is 3.04. The maximum atomic E-state index is 12.0. The zero-order chi connectivity index (χ0) is 15.2. The van der Waals surface area contributed by atoms with Gasteiger partial charge in [0.25, 0.3) is 0 Å². The van der Waals surface area contributed by atoms with Crippen molar-refractivity contribution >= 4 is 5.97 Å². The topological polar surface area (TPSA) is 55.8 Å². The molecule has 21 heavy (non-hydrogen) atoms. The molecule has 0 fully saturated rings. The van der Waals surface area contributed by atoms with E-state index in [2.05, 4.69) is 0 Å². The molecule has 0 heterocycles. The highest BCUT2D eigenvalue weighted by atomic mass is 16.5. The number of phenolic OH excluding ortho intramolecular Hbond substituents is 1. The van der Waals surface area contributed by atoms with Crippen molar-refractivity contribution < 1.29 is 19.4 Å². The monoisotopic (exact) mass is 286 g/mol. The van der Waals surface area contributed by atoms with Gasteiger partial charge in [0.05, 0.1) is 7.11 Å². The first-order chi connectivity index (χ1) is 10.1. The van der Waals surface area contributed by atoms with Gasteiger partial charge in [0.1, 0.15) is 24.0 Å². The van der Waals surface area contributed by atoms with E-state index in [4.69, 9.17) is 9.47 Å². The number of benzene rings is 2. The molecular formula is C17H18O4. The lowest BCUT2D eigenvalue weighted by Gasteiger charge is -2.16. The second-order valence-corrected chi connectivity index (χ2v) is 4.79. The number of methoxy groups -OCH3 is 1. The fourth-order valence-corrected chi connectivity index (χ4v) is 2.05. The molecule has 0 bridgehead atoms. The normalized spacial score (nSPS) is 11.7. The van der Waals surface area contributed by atoms with Gasteiger partial charge in [-0.15, -0.1) is 0 Å². The Morgan fingerprint density at radius 3 is 2.52 bits per heavy atom. The van der Waals surface area contributed by atoms with Crippen LogP contribution in [0, 0.1) is 6.92 Å². The van der Waals surface area contributed by atoms with Gasteiger partial charge in [-0.2, -0.15) is 0 Å². The summed E-state index contributed by atoms with van der Waals surface area (Å²) in [6.07, 6.45) is 0. The molecule has 0 radical (unpaired) electrons. The van der Waals surface area contributed by atoms with Gasteiger partial charge in [0.15, 0.2) is 0 Å². The number of carbonyl (C=O) groups is 1. The van der Waals surface area contributed by atoms with Gasteiger partial charge in [-0.3, -0.25) is 4.79 Å². The molecule has 2 aromatic rings. The van der Waals surface area contributed by atoms with Crippen LogP contribution in [0.25, 0.3) is 0 Å². The highest BCUT2D eigenvalue weighted by Gasteiger charge is 2.22. The molecule has 110 valence electrons. The Balaban J connectivity index is 2.13. The summed E-state index contributed by atoms with van der Waals surface area (Å²) in [7, 11) is 1.37. The number of ether oxygens (including phenoxy) is 2. The second-order valence-electron chi connectivity index (χ2n) is 4.79. The van der Waals surface area contributed by atoms with E-state index in [1.54, 1.807) is 12.1 Å². The third-order valence-corrected chi connectivity index (χ3v) is 3.18. The summed E-state index contributed by atoms with van der Waals surface area (Å²) in [5, 5.41) is 9.24. The van der Waals surface area contributed by atoms with Crippen LogP contribution in [-0.4, -0.2) is 24.8 Å². The van der Waals surface area contributed by atoms with Crippen molar-refractivity contribution in [1.29, 1.82) is 0 Å². The molecule has 0 saturated heterocycles. The minimum Gasteiger partial charge on any atom is -0.508 e. The molecule has 0 spiro atoms. The fourth-order valence-electron chi connectivity index (χ4n) is 2.05. The van der Waals surface area contributed by atoms with Gasteiger partial charge in [-0.05, 0) is 36.8 Å². The molecule has 0 aliphatic carbocycles. The lowest BCUT2D eigenvalue weighted by atomic mass is 9.98. The number of hydrogen-bond acceptors (Lipinski definition) is 4. The van der Waals surface area contributed by atoms with Crippen molar-refractivity contribution in [2.24, 2.45) is 0 Å². The molecule has 2 aromatic carbocycles. The van der Waals surface area contributed by atoms with E-state index in [-0.39, 0.29) is 18.3 Å². The summed E-state index contributed by atoms with van der Waals surface area (Å²) in [4.78, 5) is 12.0. The average molecular weight is 286 g/mol. The molecule has 1 atom stereocenters. The summed E-state index contributed by atoms with van der Waals surface area (Å²) in [6.45, 7) is 2.15. The number of phenols is 1. The van der Waals surface area contributed by atoms with Crippen molar-refractivity contribution in [1.82, 2.24) is 0 Å². The summed E-state index contributed by atoms with van der Waals surface area (Å²) < 4.78 is 10.5. The standard InChI is InChI=1S/C17H18O4/c1-12-4-3-5-13(10-12)16(17(19)20-2)11-21-15-8-6-14(18)7-9-15/h3-10,16,18H,11H2,1-2H3. The van der Waals surface area contributed by atoms with Crippen LogP contribution in [0.1, 0.15) is 17.0 Å². The maximum absolute atomic E-state index is 12.0. The zero-order valence-electron chi connectivity index (χ0n) is 12.1. The van der Waals surface area contributed by atoms with Crippen molar-refractivity contribution in [3.05, 3.63) is 59.7 Å². The van der Waals surface area contributed by atoms with Crippen LogP contribution < -0.4 is 4.74 Å². The van der Waals surface area contributed by atoms with Gasteiger partial charge in [0, 0.05) is 0 Å². The summed E-state index contributed by atoms with van der Waals surface area (Å²) in [5.41, 5.74) is 1.94. The molecule has 4 heteroatoms. The van der Waals surface area contributed by atoms with Crippen LogP contribution in [0.3, 0.4) is 0 Å². The Bertz CT molecular complexity index is 604. The smallest absolute Gasteiger partial charge is 0.316 e. The summed E-state index contributed by atoms with van der Waals surface area (Å²) in [5.74, 6) is -0.0528. The Hall–Kier alpha value is -2.49. The molecule has 0 saturated carbocycles. The molecule has 1 unspecified atom stereocenters. The van der Waals surface area contributed by atoms with Crippen molar-refractivity contribution in [2.75, 3.05) is 13.7 Å². The van der Waals surface area contributed by atoms with Crippen LogP contribution in [0.5, 0.6) is 11.5 Å². The molecule has 0 aliphatic rings. The lowest BCUT2D eigenvalue weighted by molar-refractivity contribution is -0.143. The molecule has 4 nitrogen and oxygen atoms in total. The SMILES string of the molecule is COC(=O)C(COc1ccc(O)cc1)c1cccc(C)c1. The minimum atomic E-state index is -0.483. The first-order valence-corrected chi connectivity index (χ1v) is 6.66. The largest absolute Gasteiger partial charge is 0.508 e. The number of rotatable bonds is 5. The number of esters is 1. The van der Waals surface area contributed by atoms with Gasteiger partial charge in [0.2, 0.25) is 0 Å². The Labute approximate surface area is 123 Å². The minimum absolute atomic E-state index is 0.172. The average Bonchev–Trinajstić information content (AvgIpc) is 2.49. The number of aromatic hydroxyl groups is 1. The first kappa shape index (κ1) is 14.9. The summed E-state index contributed by atoms with van der Waals surface area (Å²) in [6, 6.07) is 14.1. The molecule has 0 aromatic heterocycles. The maximum Gasteiger partial charge on any atom is 0.316 e. The number of carbonyl (C=O) groups excluding carboxylic acids is 1. The third-order valence-electron chi connectivity index (χ3n) is 3.18. The van der Waals surface area contributed by atoms with E-state index in [9.17, 15) is 9.90 Å². The number of aryl methyl sites for hydroxylation is 1. The van der Waals surface area contributed by atoms with Gasteiger partial charge in [-0.1, -0.05) is 29.8 Å². The number of hydrogen-bond donors (Lipinski definition) is 1. The van der Waals surface area contributed by atoms with Crippen molar-refractivity contribution in [2.45, 2.75) is 12.8 Å². The van der Waals surface area contributed by atoms with Crippen LogP contribution >= 0.6 is 0 Å². The van der Waals surface area contributed by atoms with Crippen molar-refractivity contribution in [3.63, 3.8) is 0 Å². The molecule has 2 rings (SSSR count). The lowest BCUT2D eigenvalue weighted by Crippen LogP contribution is -2.21. The van der Waals surface area contributed by atoms with E-state index in [1.807, 2.05) is 31.2 Å². The van der Waals surface area contributed by atoms with E-state index in [0.29, 0.717) is 5.75 Å². The van der Waals surface area contributed by atoms with E-state index < -0.39 is 5.92 Å². The molecule has 0 amide bonds. The van der Waals surface area contributed by atoms with E-state index in [0.717, 1.165) is 11.1 Å². The van der Waals surface area contributed by atoms with Gasteiger partial charge >= 0.3 is 5.97 Å². The van der Waals surface area contributed by atoms with Gasteiger partial charge < -0.3 is 14.6 Å². The Morgan fingerprint density at radius 1 is 1.19 bits per heavy atom. The third kappa shape index (κ3) is 3.99. The molecule has 1 N–H and O–H groups in total. The van der Waals surface area contributed by atoms with Crippen LogP contribution in [0.2, 0.25) is 0 Å². The quantitative estimate of drug-likeness (QED) is 0.858. The molecule has 0 aliphatic heterocycles. The van der Waals surface area contributed by atoms with Gasteiger partial charge in [-0.25, -0.2) is 0 Å². The van der Waals surface area contributed by atoms with E-state index in [1.165, 1.54) is 19.2 Å². The Morgan fingerprint density at radius 2 is 1.90 bits per heavy atom. The van der Waals surface area contributed by atoms with Crippen molar-refractivity contribution in [3.8, 4) is 11.5 Å². The zero-order valence-corrected chi connectivity index (χ0v) is 12.1. The van der Waals surface area contributed by atoms with Crippen LogP contribution in [0.15, 0.2) is 48.5 Å². The fraction of sp³-hybridized carbons (Fsp3) is 0.235. The second kappa shape index (κ2) is 6.79. The highest BCUT2D eigenvalue weighted by molar-refractivity contribution is 5.78. The first-order valence-electron chi connectivity index (χ1n) is 6.66.